The lowest BCUT2D eigenvalue weighted by Crippen LogP contribution is -2.30. The maximum Gasteiger partial charge on any atom is 0.321 e. The first-order chi connectivity index (χ1) is 11.3. The minimum absolute atomic E-state index is 0.249. The smallest absolute Gasteiger partial charge is 0.321 e. The molecule has 1 aliphatic rings. The Kier molecular flexibility index (Phi) is 5.44. The van der Waals surface area contributed by atoms with E-state index in [2.05, 4.69) is 20.6 Å². The predicted molar refractivity (Wildman–Crippen MR) is 87.5 cm³/mol. The van der Waals surface area contributed by atoms with Crippen LogP contribution in [0, 0.1) is 0 Å². The van der Waals surface area contributed by atoms with Crippen LogP contribution in [-0.2, 0) is 9.47 Å². The van der Waals surface area contributed by atoms with E-state index >= 15 is 0 Å². The highest BCUT2D eigenvalue weighted by Gasteiger charge is 2.14. The molecular weight excluding hydrogens is 296 g/mol. The number of urea groups is 1. The molecule has 7 heteroatoms. The van der Waals surface area contributed by atoms with Gasteiger partial charge in [-0.25, -0.2) is 9.78 Å². The van der Waals surface area contributed by atoms with Crippen molar-refractivity contribution in [3.63, 3.8) is 0 Å². The molecule has 7 nitrogen and oxygen atoms in total. The topological polar surface area (TPSA) is 88.3 Å². The average molecular weight is 318 g/mol. The maximum atomic E-state index is 11.8. The molecule has 0 bridgehead atoms. The molecule has 0 aliphatic carbocycles. The molecule has 1 unspecified atom stereocenters. The van der Waals surface area contributed by atoms with Crippen LogP contribution in [0.5, 0.6) is 0 Å². The molecule has 23 heavy (non-hydrogen) atoms. The Bertz CT molecular complexity index is 604. The van der Waals surface area contributed by atoms with Gasteiger partial charge in [0.05, 0.1) is 23.7 Å². The quantitative estimate of drug-likeness (QED) is 0.683. The molecule has 3 rings (SSSR count). The summed E-state index contributed by atoms with van der Waals surface area (Å²) in [6.07, 6.45) is 3.22. The number of ether oxygens (including phenoxy) is 2. The molecule has 124 valence electrons. The number of hydrogen-bond donors (Lipinski definition) is 3. The van der Waals surface area contributed by atoms with Crippen LogP contribution >= 0.6 is 0 Å². The van der Waals surface area contributed by atoms with Crippen molar-refractivity contribution < 1.29 is 14.3 Å². The first-order valence-electron chi connectivity index (χ1n) is 8.00. The lowest BCUT2D eigenvalue weighted by molar-refractivity contribution is 0.0168. The number of para-hydroxylation sites is 2. The van der Waals surface area contributed by atoms with Crippen molar-refractivity contribution in [2.75, 3.05) is 31.7 Å². The summed E-state index contributed by atoms with van der Waals surface area (Å²) in [4.78, 5) is 19.1. The fourth-order valence-electron chi connectivity index (χ4n) is 2.53. The molecule has 1 fully saturated rings. The normalized spacial score (nSPS) is 17.5. The Morgan fingerprint density at radius 3 is 3.17 bits per heavy atom. The predicted octanol–water partition coefficient (Wildman–Crippen LogP) is 2.27. The SMILES string of the molecule is O=C(NCCCOCC1CCCO1)Nc1nc2ccccc2[nH]1. The molecule has 1 aromatic carbocycles. The molecule has 1 saturated heterocycles. The van der Waals surface area contributed by atoms with Crippen molar-refractivity contribution in [1.29, 1.82) is 0 Å². The van der Waals surface area contributed by atoms with E-state index < -0.39 is 0 Å². The van der Waals surface area contributed by atoms with Crippen LogP contribution in [-0.4, -0.2) is 48.5 Å². The molecule has 0 spiro atoms. The van der Waals surface area contributed by atoms with Gasteiger partial charge in [-0.05, 0) is 31.4 Å². The van der Waals surface area contributed by atoms with Crippen LogP contribution < -0.4 is 10.6 Å². The van der Waals surface area contributed by atoms with E-state index in [0.29, 0.717) is 25.7 Å². The number of rotatable bonds is 7. The molecule has 0 radical (unpaired) electrons. The third-order valence-corrected chi connectivity index (χ3v) is 3.70. The number of carbonyl (C=O) groups is 1. The second-order valence-corrected chi connectivity index (χ2v) is 5.55. The Balaban J connectivity index is 1.30. The highest BCUT2D eigenvalue weighted by atomic mass is 16.5. The summed E-state index contributed by atoms with van der Waals surface area (Å²) in [5.74, 6) is 0.443. The summed E-state index contributed by atoms with van der Waals surface area (Å²) >= 11 is 0. The lowest BCUT2D eigenvalue weighted by Gasteiger charge is -2.10. The van der Waals surface area contributed by atoms with Gasteiger partial charge in [-0.15, -0.1) is 0 Å². The number of anilines is 1. The van der Waals surface area contributed by atoms with Gasteiger partial charge in [-0.1, -0.05) is 12.1 Å². The maximum absolute atomic E-state index is 11.8. The summed E-state index contributed by atoms with van der Waals surface area (Å²) in [5.41, 5.74) is 1.72. The Hall–Kier alpha value is -2.12. The summed E-state index contributed by atoms with van der Waals surface area (Å²) < 4.78 is 11.0. The first-order valence-corrected chi connectivity index (χ1v) is 8.00. The lowest BCUT2D eigenvalue weighted by atomic mass is 10.2. The number of hydrogen-bond acceptors (Lipinski definition) is 4. The number of fused-ring (bicyclic) bond motifs is 1. The Morgan fingerprint density at radius 2 is 2.35 bits per heavy atom. The van der Waals surface area contributed by atoms with Crippen molar-refractivity contribution in [3.8, 4) is 0 Å². The highest BCUT2D eigenvalue weighted by Crippen LogP contribution is 2.13. The van der Waals surface area contributed by atoms with E-state index in [0.717, 1.165) is 36.9 Å². The highest BCUT2D eigenvalue weighted by molar-refractivity contribution is 5.89. The molecular formula is C16H22N4O3. The van der Waals surface area contributed by atoms with Crippen LogP contribution in [0.3, 0.4) is 0 Å². The number of nitrogens with one attached hydrogen (secondary N) is 3. The van der Waals surface area contributed by atoms with Crippen molar-refractivity contribution >= 4 is 23.0 Å². The van der Waals surface area contributed by atoms with Gasteiger partial charge in [-0.3, -0.25) is 5.32 Å². The van der Waals surface area contributed by atoms with Gasteiger partial charge < -0.3 is 19.8 Å². The van der Waals surface area contributed by atoms with Gasteiger partial charge in [-0.2, -0.15) is 0 Å². The first kappa shape index (κ1) is 15.8. The van der Waals surface area contributed by atoms with E-state index in [9.17, 15) is 4.79 Å². The van der Waals surface area contributed by atoms with Crippen molar-refractivity contribution in [3.05, 3.63) is 24.3 Å². The van der Waals surface area contributed by atoms with Crippen molar-refractivity contribution in [1.82, 2.24) is 15.3 Å². The van der Waals surface area contributed by atoms with Crippen molar-refractivity contribution in [2.24, 2.45) is 0 Å². The second-order valence-electron chi connectivity index (χ2n) is 5.55. The average Bonchev–Trinajstić information content (AvgIpc) is 3.19. The second kappa shape index (κ2) is 7.94. The van der Waals surface area contributed by atoms with Crippen LogP contribution in [0.4, 0.5) is 10.7 Å². The molecule has 2 heterocycles. The number of nitrogens with zero attached hydrogens (tertiary/aromatic N) is 1. The number of benzene rings is 1. The molecule has 0 saturated carbocycles. The minimum Gasteiger partial charge on any atom is -0.379 e. The number of imidazole rings is 1. The molecule has 2 aromatic rings. The Labute approximate surface area is 134 Å². The summed E-state index contributed by atoms with van der Waals surface area (Å²) in [5, 5.41) is 5.47. The van der Waals surface area contributed by atoms with Gasteiger partial charge in [0.1, 0.15) is 0 Å². The van der Waals surface area contributed by atoms with Crippen LogP contribution in [0.1, 0.15) is 19.3 Å². The minimum atomic E-state index is -0.275. The molecule has 2 amide bonds. The van der Waals surface area contributed by atoms with E-state index in [-0.39, 0.29) is 12.1 Å². The van der Waals surface area contributed by atoms with Crippen LogP contribution in [0.15, 0.2) is 24.3 Å². The largest absolute Gasteiger partial charge is 0.379 e. The van der Waals surface area contributed by atoms with Crippen LogP contribution in [0.25, 0.3) is 11.0 Å². The zero-order valence-corrected chi connectivity index (χ0v) is 13.0. The number of aromatic nitrogens is 2. The van der Waals surface area contributed by atoms with Gasteiger partial charge in [0.15, 0.2) is 0 Å². The fourth-order valence-corrected chi connectivity index (χ4v) is 2.53. The monoisotopic (exact) mass is 318 g/mol. The molecule has 1 aliphatic heterocycles. The van der Waals surface area contributed by atoms with Crippen molar-refractivity contribution in [2.45, 2.75) is 25.4 Å². The number of H-pyrrole nitrogens is 1. The fraction of sp³-hybridized carbons (Fsp3) is 0.500. The standard InChI is InChI=1S/C16H22N4O3/c21-16(17-8-4-9-22-11-12-5-3-10-23-12)20-15-18-13-6-1-2-7-14(13)19-15/h1-2,6-7,12H,3-5,8-11H2,(H3,17,18,19,20,21). The van der Waals surface area contributed by atoms with Gasteiger partial charge in [0, 0.05) is 19.8 Å². The van der Waals surface area contributed by atoms with Crippen LogP contribution in [0.2, 0.25) is 0 Å². The van der Waals surface area contributed by atoms with Gasteiger partial charge in [0.2, 0.25) is 5.95 Å². The zero-order valence-electron chi connectivity index (χ0n) is 13.0. The third-order valence-electron chi connectivity index (χ3n) is 3.70. The van der Waals surface area contributed by atoms with E-state index in [1.54, 1.807) is 0 Å². The molecule has 1 atom stereocenters. The summed E-state index contributed by atoms with van der Waals surface area (Å²) in [6, 6.07) is 7.35. The third kappa shape index (κ3) is 4.67. The number of carbonyl (C=O) groups excluding carboxylic acids is 1. The Morgan fingerprint density at radius 1 is 1.43 bits per heavy atom. The van der Waals surface area contributed by atoms with Gasteiger partial charge in [0.25, 0.3) is 0 Å². The summed E-state index contributed by atoms with van der Waals surface area (Å²) in [6.45, 7) is 2.66. The molecule has 3 N–H and O–H groups in total. The summed E-state index contributed by atoms with van der Waals surface area (Å²) in [7, 11) is 0. The van der Waals surface area contributed by atoms with E-state index in [4.69, 9.17) is 9.47 Å². The van der Waals surface area contributed by atoms with E-state index in [1.807, 2.05) is 24.3 Å². The molecule has 1 aromatic heterocycles. The van der Waals surface area contributed by atoms with Gasteiger partial charge >= 0.3 is 6.03 Å². The number of aromatic amines is 1. The van der Waals surface area contributed by atoms with E-state index in [1.165, 1.54) is 0 Å². The number of amides is 2. The zero-order chi connectivity index (χ0) is 15.9.